The van der Waals surface area contributed by atoms with Crippen molar-refractivity contribution in [1.82, 2.24) is 0 Å². The number of allylic oxidation sites excluding steroid dienone is 1. The van der Waals surface area contributed by atoms with Gasteiger partial charge in [0.05, 0.1) is 0 Å². The molecule has 0 radical (unpaired) electrons. The summed E-state index contributed by atoms with van der Waals surface area (Å²) in [5.41, 5.74) is 5.55. The van der Waals surface area contributed by atoms with E-state index in [1.807, 2.05) is 20.8 Å². The van der Waals surface area contributed by atoms with Gasteiger partial charge >= 0.3 is 0 Å². The number of benzene rings is 1. The van der Waals surface area contributed by atoms with Crippen LogP contribution in [0, 0.1) is 11.8 Å². The van der Waals surface area contributed by atoms with Crippen molar-refractivity contribution >= 4 is 6.08 Å². The Bertz CT molecular complexity index is 453. The molecule has 90 valence electrons. The first kappa shape index (κ1) is 13.6. The summed E-state index contributed by atoms with van der Waals surface area (Å²) < 4.78 is 0. The van der Waals surface area contributed by atoms with Crippen LogP contribution in [0.4, 0.5) is 0 Å². The van der Waals surface area contributed by atoms with E-state index in [0.29, 0.717) is 0 Å². The summed E-state index contributed by atoms with van der Waals surface area (Å²) in [6.45, 7) is 8.11. The molecule has 0 bridgehead atoms. The van der Waals surface area contributed by atoms with E-state index in [0.717, 1.165) is 5.56 Å². The summed E-state index contributed by atoms with van der Waals surface area (Å²) in [5.74, 6) is 6.06. The van der Waals surface area contributed by atoms with Gasteiger partial charge < -0.3 is 0 Å². The molecule has 0 heterocycles. The van der Waals surface area contributed by atoms with Crippen molar-refractivity contribution in [2.75, 3.05) is 0 Å². The highest BCUT2D eigenvalue weighted by atomic mass is 14.1. The Morgan fingerprint density at radius 3 is 2.59 bits per heavy atom. The highest BCUT2D eigenvalue weighted by Gasteiger charge is 2.08. The number of fused-ring (bicyclic) bond motifs is 1. The third-order valence-electron chi connectivity index (χ3n) is 2.94. The van der Waals surface area contributed by atoms with E-state index in [4.69, 9.17) is 0 Å². The van der Waals surface area contributed by atoms with Crippen LogP contribution in [0.2, 0.25) is 0 Å². The first-order valence-corrected chi connectivity index (χ1v) is 6.58. The number of hydrogen-bond acceptors (Lipinski definition) is 0. The van der Waals surface area contributed by atoms with Gasteiger partial charge in [-0.2, -0.15) is 0 Å². The van der Waals surface area contributed by atoms with Gasteiger partial charge in [0, 0.05) is 5.56 Å². The van der Waals surface area contributed by atoms with Gasteiger partial charge in [-0.3, -0.25) is 0 Å². The molecule has 0 aliphatic heterocycles. The van der Waals surface area contributed by atoms with Crippen molar-refractivity contribution in [2.24, 2.45) is 0 Å². The highest BCUT2D eigenvalue weighted by Crippen LogP contribution is 2.26. The molecule has 0 amide bonds. The van der Waals surface area contributed by atoms with E-state index >= 15 is 0 Å². The van der Waals surface area contributed by atoms with Crippen LogP contribution < -0.4 is 0 Å². The fourth-order valence-corrected chi connectivity index (χ4v) is 2.05. The van der Waals surface area contributed by atoms with Crippen LogP contribution >= 0.6 is 0 Å². The van der Waals surface area contributed by atoms with Crippen LogP contribution in [0.1, 0.15) is 57.2 Å². The van der Waals surface area contributed by atoms with E-state index in [2.05, 4.69) is 43.0 Å². The molecule has 0 unspecified atom stereocenters. The molecule has 0 saturated carbocycles. The van der Waals surface area contributed by atoms with Gasteiger partial charge in [0.1, 0.15) is 0 Å². The Hall–Kier alpha value is -1.48. The van der Waals surface area contributed by atoms with Crippen molar-refractivity contribution in [2.45, 2.75) is 47.0 Å². The van der Waals surface area contributed by atoms with Gasteiger partial charge in [0.2, 0.25) is 0 Å². The molecule has 0 atom stereocenters. The molecule has 0 heteroatoms. The zero-order chi connectivity index (χ0) is 12.7. The lowest BCUT2D eigenvalue weighted by Gasteiger charge is -2.15. The van der Waals surface area contributed by atoms with Gasteiger partial charge in [-0.25, -0.2) is 0 Å². The van der Waals surface area contributed by atoms with Crippen LogP contribution in [-0.4, -0.2) is 0 Å². The van der Waals surface area contributed by atoms with Crippen molar-refractivity contribution in [3.05, 3.63) is 40.5 Å². The molecule has 0 aromatic heterocycles. The largest absolute Gasteiger partial charge is 0.101 e. The Labute approximate surface area is 106 Å². The SMILES string of the molecule is CC.CC#Cc1ccc2c(c1)CCC(CC)=C2. The standard InChI is InChI=1S/C15H16.C2H6/c1-3-5-13-7-9-14-10-12(4-2)6-8-15(14)11-13;1-2/h7,9-11H,4,6,8H2,1-2H3;1-2H3. The average molecular weight is 226 g/mol. The first-order chi connectivity index (χ1) is 8.33. The molecular weight excluding hydrogens is 204 g/mol. The van der Waals surface area contributed by atoms with E-state index in [1.165, 1.54) is 30.4 Å². The molecule has 0 saturated heterocycles. The Morgan fingerprint density at radius 2 is 1.94 bits per heavy atom. The summed E-state index contributed by atoms with van der Waals surface area (Å²) in [6, 6.07) is 6.54. The maximum Gasteiger partial charge on any atom is 0.0248 e. The molecule has 1 aromatic rings. The Balaban J connectivity index is 0.000000686. The summed E-state index contributed by atoms with van der Waals surface area (Å²) in [6.07, 6.45) is 5.90. The predicted molar refractivity (Wildman–Crippen MR) is 76.9 cm³/mol. The fraction of sp³-hybridized carbons (Fsp3) is 0.412. The predicted octanol–water partition coefficient (Wildman–Crippen LogP) is 4.82. The van der Waals surface area contributed by atoms with Crippen LogP contribution in [0.15, 0.2) is 23.8 Å². The van der Waals surface area contributed by atoms with Gasteiger partial charge in [-0.1, -0.05) is 44.4 Å². The number of rotatable bonds is 1. The second-order valence-electron chi connectivity index (χ2n) is 3.94. The minimum absolute atomic E-state index is 1.14. The number of hydrogen-bond donors (Lipinski definition) is 0. The Morgan fingerprint density at radius 1 is 1.18 bits per heavy atom. The van der Waals surface area contributed by atoms with Crippen molar-refractivity contribution in [3.8, 4) is 11.8 Å². The summed E-state index contributed by atoms with van der Waals surface area (Å²) in [5, 5.41) is 0. The fourth-order valence-electron chi connectivity index (χ4n) is 2.05. The molecule has 0 N–H and O–H groups in total. The van der Waals surface area contributed by atoms with E-state index in [1.54, 1.807) is 5.57 Å². The van der Waals surface area contributed by atoms with Gasteiger partial charge in [-0.05, 0) is 49.4 Å². The number of aryl methyl sites for hydroxylation is 1. The molecule has 17 heavy (non-hydrogen) atoms. The smallest absolute Gasteiger partial charge is 0.0248 e. The molecule has 2 rings (SSSR count). The summed E-state index contributed by atoms with van der Waals surface area (Å²) in [4.78, 5) is 0. The van der Waals surface area contributed by atoms with E-state index in [9.17, 15) is 0 Å². The van der Waals surface area contributed by atoms with Crippen LogP contribution in [0.3, 0.4) is 0 Å². The molecule has 1 aliphatic carbocycles. The van der Waals surface area contributed by atoms with E-state index in [-0.39, 0.29) is 0 Å². The van der Waals surface area contributed by atoms with Crippen molar-refractivity contribution in [1.29, 1.82) is 0 Å². The molecule has 0 spiro atoms. The Kier molecular flexibility index (Phi) is 5.57. The van der Waals surface area contributed by atoms with Crippen LogP contribution in [0.5, 0.6) is 0 Å². The maximum absolute atomic E-state index is 3.11. The highest BCUT2D eigenvalue weighted by molar-refractivity contribution is 5.61. The topological polar surface area (TPSA) is 0 Å². The minimum Gasteiger partial charge on any atom is -0.101 e. The van der Waals surface area contributed by atoms with Gasteiger partial charge in [-0.15, -0.1) is 5.92 Å². The van der Waals surface area contributed by atoms with Crippen molar-refractivity contribution < 1.29 is 0 Å². The molecule has 0 fully saturated rings. The minimum atomic E-state index is 1.14. The summed E-state index contributed by atoms with van der Waals surface area (Å²) in [7, 11) is 0. The lowest BCUT2D eigenvalue weighted by atomic mass is 9.90. The molecule has 1 aliphatic rings. The average Bonchev–Trinajstić information content (AvgIpc) is 2.41. The molecular formula is C17H22. The van der Waals surface area contributed by atoms with Gasteiger partial charge in [0.25, 0.3) is 0 Å². The molecule has 1 aromatic carbocycles. The second-order valence-corrected chi connectivity index (χ2v) is 3.94. The zero-order valence-corrected chi connectivity index (χ0v) is 11.4. The maximum atomic E-state index is 3.11. The normalized spacial score (nSPS) is 12.4. The van der Waals surface area contributed by atoms with Crippen LogP contribution in [0.25, 0.3) is 6.08 Å². The van der Waals surface area contributed by atoms with Crippen LogP contribution in [-0.2, 0) is 6.42 Å². The van der Waals surface area contributed by atoms with E-state index < -0.39 is 0 Å². The summed E-state index contributed by atoms with van der Waals surface area (Å²) >= 11 is 0. The first-order valence-electron chi connectivity index (χ1n) is 6.58. The third-order valence-corrected chi connectivity index (χ3v) is 2.94. The lowest BCUT2D eigenvalue weighted by Crippen LogP contribution is -1.99. The lowest BCUT2D eigenvalue weighted by molar-refractivity contribution is 0.875. The third kappa shape index (κ3) is 3.49. The monoisotopic (exact) mass is 226 g/mol. The zero-order valence-electron chi connectivity index (χ0n) is 11.4. The second kappa shape index (κ2) is 6.97. The quantitative estimate of drug-likeness (QED) is 0.602. The van der Waals surface area contributed by atoms with Gasteiger partial charge in [0.15, 0.2) is 0 Å². The molecule has 0 nitrogen and oxygen atoms in total. The van der Waals surface area contributed by atoms with Crippen molar-refractivity contribution in [3.63, 3.8) is 0 Å².